The minimum atomic E-state index is -2.85. The van der Waals surface area contributed by atoms with Crippen LogP contribution in [0.4, 0.5) is 0 Å². The molecule has 0 bridgehead atoms. The van der Waals surface area contributed by atoms with Crippen LogP contribution >= 0.6 is 0 Å². The second kappa shape index (κ2) is 6.75. The summed E-state index contributed by atoms with van der Waals surface area (Å²) in [5.41, 5.74) is 0.611. The van der Waals surface area contributed by atoms with Crippen molar-refractivity contribution in [2.75, 3.05) is 37.7 Å². The molecule has 1 N–H and O–H groups in total. The summed E-state index contributed by atoms with van der Waals surface area (Å²) >= 11 is 0. The van der Waals surface area contributed by atoms with Gasteiger partial charge in [0.2, 0.25) is 0 Å². The Hall–Kier alpha value is -1.77. The van der Waals surface area contributed by atoms with Crippen LogP contribution in [-0.2, 0) is 9.84 Å². The molecule has 1 aromatic carbocycles. The van der Waals surface area contributed by atoms with Crippen LogP contribution in [-0.4, -0.2) is 71.9 Å². The zero-order chi connectivity index (χ0) is 18.3. The van der Waals surface area contributed by atoms with E-state index in [2.05, 4.69) is 26.7 Å². The van der Waals surface area contributed by atoms with Gasteiger partial charge in [0.15, 0.2) is 9.84 Å². The first-order valence-corrected chi connectivity index (χ1v) is 10.9. The fourth-order valence-corrected chi connectivity index (χ4v) is 5.79. The second-order valence-electron chi connectivity index (χ2n) is 7.27. The third kappa shape index (κ3) is 3.41. The van der Waals surface area contributed by atoms with Gasteiger partial charge in [-0.05, 0) is 25.5 Å². The lowest BCUT2D eigenvalue weighted by Crippen LogP contribution is -2.51. The van der Waals surface area contributed by atoms with Crippen molar-refractivity contribution in [3.8, 4) is 0 Å². The monoisotopic (exact) mass is 376 g/mol. The van der Waals surface area contributed by atoms with Crippen LogP contribution in [0.3, 0.4) is 0 Å². The summed E-state index contributed by atoms with van der Waals surface area (Å²) in [6, 6.07) is 7.55. The molecule has 1 aromatic heterocycles. The van der Waals surface area contributed by atoms with Gasteiger partial charge in [-0.1, -0.05) is 12.1 Å². The van der Waals surface area contributed by atoms with Gasteiger partial charge in [-0.15, -0.1) is 0 Å². The standard InChI is InChI=1S/C18H24N4O3S/c1-13(17-19-16-5-3-2-4-15(16)18(23)20-17)21-7-9-22(10-8-21)14-6-11-26(24,25)12-14/h2-5,13-14H,6-12H2,1H3,(H,19,20,23)/t13-,14-/m0/s1. The molecule has 0 amide bonds. The average Bonchev–Trinajstić information content (AvgIpc) is 3.01. The molecule has 2 atom stereocenters. The molecule has 0 saturated carbocycles. The Kier molecular flexibility index (Phi) is 4.58. The van der Waals surface area contributed by atoms with Crippen molar-refractivity contribution < 1.29 is 8.42 Å². The highest BCUT2D eigenvalue weighted by atomic mass is 32.2. The number of hydrogen-bond acceptors (Lipinski definition) is 6. The van der Waals surface area contributed by atoms with Crippen molar-refractivity contribution in [2.24, 2.45) is 0 Å². The van der Waals surface area contributed by atoms with E-state index in [4.69, 9.17) is 0 Å². The minimum absolute atomic E-state index is 0.0155. The Balaban J connectivity index is 1.45. The molecule has 2 saturated heterocycles. The number of para-hydroxylation sites is 1. The topological polar surface area (TPSA) is 86.4 Å². The van der Waals surface area contributed by atoms with E-state index in [0.29, 0.717) is 28.2 Å². The van der Waals surface area contributed by atoms with Crippen LogP contribution in [0.15, 0.2) is 29.1 Å². The maximum atomic E-state index is 12.3. The van der Waals surface area contributed by atoms with Crippen LogP contribution in [0.2, 0.25) is 0 Å². The lowest BCUT2D eigenvalue weighted by molar-refractivity contribution is 0.0778. The van der Waals surface area contributed by atoms with Crippen molar-refractivity contribution >= 4 is 20.7 Å². The van der Waals surface area contributed by atoms with Crippen molar-refractivity contribution in [3.05, 3.63) is 40.4 Å². The first-order chi connectivity index (χ1) is 12.4. The third-order valence-corrected chi connectivity index (χ3v) is 7.40. The molecule has 0 spiro atoms. The van der Waals surface area contributed by atoms with Crippen LogP contribution in [0.1, 0.15) is 25.2 Å². The van der Waals surface area contributed by atoms with Gasteiger partial charge < -0.3 is 4.98 Å². The van der Waals surface area contributed by atoms with Gasteiger partial charge in [0, 0.05) is 32.2 Å². The molecule has 3 heterocycles. The smallest absolute Gasteiger partial charge is 0.258 e. The predicted molar refractivity (Wildman–Crippen MR) is 101 cm³/mol. The van der Waals surface area contributed by atoms with E-state index in [1.54, 1.807) is 6.07 Å². The van der Waals surface area contributed by atoms with Gasteiger partial charge in [0.1, 0.15) is 5.82 Å². The SMILES string of the molecule is C[C@@H](c1nc2ccccc2c(=O)[nH]1)N1CCN([C@H]2CCS(=O)(=O)C2)CC1. The lowest BCUT2D eigenvalue weighted by Gasteiger charge is -2.39. The molecular formula is C18H24N4O3S. The average molecular weight is 376 g/mol. The van der Waals surface area contributed by atoms with Crippen LogP contribution in [0.25, 0.3) is 10.9 Å². The fraction of sp³-hybridized carbons (Fsp3) is 0.556. The zero-order valence-corrected chi connectivity index (χ0v) is 15.7. The summed E-state index contributed by atoms with van der Waals surface area (Å²) in [5, 5.41) is 0.607. The molecule has 0 radical (unpaired) electrons. The molecule has 2 aliphatic rings. The Labute approximate surface area is 152 Å². The normalized spacial score (nSPS) is 25.5. The molecule has 0 aliphatic carbocycles. The number of nitrogens with one attached hydrogen (secondary N) is 1. The van der Waals surface area contributed by atoms with E-state index >= 15 is 0 Å². The van der Waals surface area contributed by atoms with Gasteiger partial charge in [-0.3, -0.25) is 14.6 Å². The molecule has 0 unspecified atom stereocenters. The molecule has 2 aromatic rings. The summed E-state index contributed by atoms with van der Waals surface area (Å²) in [5.74, 6) is 1.30. The summed E-state index contributed by atoms with van der Waals surface area (Å²) in [7, 11) is -2.85. The summed E-state index contributed by atoms with van der Waals surface area (Å²) in [6.07, 6.45) is 0.747. The largest absolute Gasteiger partial charge is 0.309 e. The molecule has 7 nitrogen and oxygen atoms in total. The summed E-state index contributed by atoms with van der Waals surface area (Å²) in [4.78, 5) is 24.4. The first kappa shape index (κ1) is 17.6. The number of nitrogens with zero attached hydrogens (tertiary/aromatic N) is 3. The molecular weight excluding hydrogens is 352 g/mol. The molecule has 26 heavy (non-hydrogen) atoms. The number of benzene rings is 1. The van der Waals surface area contributed by atoms with E-state index in [9.17, 15) is 13.2 Å². The number of aromatic amines is 1. The number of H-pyrrole nitrogens is 1. The van der Waals surface area contributed by atoms with Crippen molar-refractivity contribution in [1.29, 1.82) is 0 Å². The Bertz CT molecular complexity index is 964. The molecule has 2 fully saturated rings. The van der Waals surface area contributed by atoms with Crippen molar-refractivity contribution in [2.45, 2.75) is 25.4 Å². The van der Waals surface area contributed by atoms with Crippen molar-refractivity contribution in [3.63, 3.8) is 0 Å². The number of sulfone groups is 1. The fourth-order valence-electron chi connectivity index (χ4n) is 4.03. The molecule has 140 valence electrons. The maximum absolute atomic E-state index is 12.3. The first-order valence-electron chi connectivity index (χ1n) is 9.10. The van der Waals surface area contributed by atoms with Gasteiger partial charge in [0.25, 0.3) is 5.56 Å². The number of hydrogen-bond donors (Lipinski definition) is 1. The Morgan fingerprint density at radius 2 is 1.92 bits per heavy atom. The predicted octanol–water partition coefficient (Wildman–Crippen LogP) is 0.789. The number of piperazine rings is 1. The Morgan fingerprint density at radius 3 is 2.62 bits per heavy atom. The van der Waals surface area contributed by atoms with E-state index in [0.717, 1.165) is 32.6 Å². The maximum Gasteiger partial charge on any atom is 0.258 e. The van der Waals surface area contributed by atoms with Gasteiger partial charge in [-0.25, -0.2) is 13.4 Å². The zero-order valence-electron chi connectivity index (χ0n) is 14.9. The van der Waals surface area contributed by atoms with E-state index in [1.807, 2.05) is 18.2 Å². The quantitative estimate of drug-likeness (QED) is 0.852. The molecule has 2 aliphatic heterocycles. The highest BCUT2D eigenvalue weighted by Gasteiger charge is 2.34. The lowest BCUT2D eigenvalue weighted by atomic mass is 10.1. The summed E-state index contributed by atoms with van der Waals surface area (Å²) < 4.78 is 23.4. The molecule has 4 rings (SSSR count). The van der Waals surface area contributed by atoms with Gasteiger partial charge in [-0.2, -0.15) is 0 Å². The van der Waals surface area contributed by atoms with E-state index in [-0.39, 0.29) is 17.6 Å². The number of fused-ring (bicyclic) bond motifs is 1. The number of aromatic nitrogens is 2. The van der Waals surface area contributed by atoms with Gasteiger partial charge in [0.05, 0.1) is 28.5 Å². The van der Waals surface area contributed by atoms with Crippen molar-refractivity contribution in [1.82, 2.24) is 19.8 Å². The van der Waals surface area contributed by atoms with Crippen LogP contribution in [0.5, 0.6) is 0 Å². The Morgan fingerprint density at radius 1 is 1.19 bits per heavy atom. The van der Waals surface area contributed by atoms with E-state index < -0.39 is 9.84 Å². The third-order valence-electron chi connectivity index (χ3n) is 5.65. The second-order valence-corrected chi connectivity index (χ2v) is 9.50. The van der Waals surface area contributed by atoms with Gasteiger partial charge >= 0.3 is 0 Å². The molecule has 8 heteroatoms. The highest BCUT2D eigenvalue weighted by molar-refractivity contribution is 7.91. The highest BCUT2D eigenvalue weighted by Crippen LogP contribution is 2.23. The number of rotatable bonds is 3. The van der Waals surface area contributed by atoms with E-state index in [1.165, 1.54) is 0 Å². The summed E-state index contributed by atoms with van der Waals surface area (Å²) in [6.45, 7) is 5.44. The van der Waals surface area contributed by atoms with Crippen LogP contribution < -0.4 is 5.56 Å². The minimum Gasteiger partial charge on any atom is -0.309 e. The van der Waals surface area contributed by atoms with Crippen LogP contribution in [0, 0.1) is 0 Å².